The molecule has 0 saturated carbocycles. The van der Waals surface area contributed by atoms with Gasteiger partial charge in [-0.15, -0.1) is 11.3 Å². The number of aromatic nitrogens is 1. The lowest BCUT2D eigenvalue weighted by atomic mass is 10.1. The van der Waals surface area contributed by atoms with Gasteiger partial charge in [-0.05, 0) is 50.2 Å². The van der Waals surface area contributed by atoms with E-state index in [4.69, 9.17) is 14.7 Å². The van der Waals surface area contributed by atoms with E-state index in [0.29, 0.717) is 23.1 Å². The van der Waals surface area contributed by atoms with E-state index < -0.39 is 0 Å². The molecule has 142 valence electrons. The highest BCUT2D eigenvalue weighted by molar-refractivity contribution is 7.16. The fourth-order valence-corrected chi connectivity index (χ4v) is 3.43. The summed E-state index contributed by atoms with van der Waals surface area (Å²) in [6.45, 7) is 4.32. The number of nitriles is 1. The minimum Gasteiger partial charge on any atom is -0.494 e. The van der Waals surface area contributed by atoms with Crippen LogP contribution in [0, 0.1) is 18.3 Å². The molecule has 0 atom stereocenters. The van der Waals surface area contributed by atoms with Crippen LogP contribution in [0.1, 0.15) is 17.4 Å². The lowest BCUT2D eigenvalue weighted by Crippen LogP contribution is -2.20. The molecule has 1 amide bonds. The molecule has 0 spiro atoms. The third kappa shape index (κ3) is 4.67. The summed E-state index contributed by atoms with van der Waals surface area (Å²) in [5, 5.41) is 12.3. The maximum absolute atomic E-state index is 12.2. The smallest absolute Gasteiger partial charge is 0.264 e. The van der Waals surface area contributed by atoms with Gasteiger partial charge in [-0.2, -0.15) is 5.26 Å². The number of carbonyl (C=O) groups excluding carboxylic acids is 1. The highest BCUT2D eigenvalue weighted by atomic mass is 32.1. The highest BCUT2D eigenvalue weighted by Crippen LogP contribution is 2.31. The van der Waals surface area contributed by atoms with Gasteiger partial charge in [0.05, 0.1) is 17.9 Å². The van der Waals surface area contributed by atoms with E-state index in [2.05, 4.69) is 10.3 Å². The van der Waals surface area contributed by atoms with Gasteiger partial charge < -0.3 is 9.47 Å². The zero-order valence-corrected chi connectivity index (χ0v) is 16.4. The molecule has 7 heteroatoms. The van der Waals surface area contributed by atoms with E-state index >= 15 is 0 Å². The monoisotopic (exact) mass is 393 g/mol. The summed E-state index contributed by atoms with van der Waals surface area (Å²) in [6.07, 6.45) is 0. The van der Waals surface area contributed by atoms with Crippen LogP contribution < -0.4 is 14.8 Å². The van der Waals surface area contributed by atoms with Gasteiger partial charge in [0.2, 0.25) is 0 Å². The van der Waals surface area contributed by atoms with Crippen molar-refractivity contribution < 1.29 is 14.3 Å². The maximum atomic E-state index is 12.2. The molecule has 3 aromatic rings. The number of benzene rings is 2. The summed E-state index contributed by atoms with van der Waals surface area (Å²) in [4.78, 5) is 17.7. The van der Waals surface area contributed by atoms with Crippen molar-refractivity contribution in [2.75, 3.05) is 18.5 Å². The Bertz CT molecular complexity index is 1010. The molecule has 0 fully saturated rings. The second kappa shape index (κ2) is 9.02. The predicted octanol–water partition coefficient (Wildman–Crippen LogP) is 4.41. The first kappa shape index (κ1) is 19.4. The number of nitrogens with one attached hydrogen (secondary N) is 1. The number of amides is 1. The summed E-state index contributed by atoms with van der Waals surface area (Å²) in [5.41, 5.74) is 2.16. The largest absolute Gasteiger partial charge is 0.494 e. The van der Waals surface area contributed by atoms with Crippen molar-refractivity contribution >= 4 is 22.4 Å². The standard InChI is InChI=1S/C21H19N3O3S/c1-3-26-17-10-8-15(9-11-17)20-14(2)28-21(24-20)23-19(25)13-27-18-7-5-4-6-16(18)12-22/h4-11H,3,13H2,1-2H3,(H,23,24,25). The minimum absolute atomic E-state index is 0.199. The number of nitrogens with zero attached hydrogens (tertiary/aromatic N) is 2. The lowest BCUT2D eigenvalue weighted by Gasteiger charge is -2.07. The fraction of sp³-hybridized carbons (Fsp3) is 0.190. The number of ether oxygens (including phenoxy) is 2. The van der Waals surface area contributed by atoms with Crippen molar-refractivity contribution in [1.29, 1.82) is 5.26 Å². The Hall–Kier alpha value is -3.37. The number of anilines is 1. The van der Waals surface area contributed by atoms with Crippen LogP contribution in [-0.2, 0) is 4.79 Å². The Morgan fingerprint density at radius 3 is 2.64 bits per heavy atom. The summed E-state index contributed by atoms with van der Waals surface area (Å²) < 4.78 is 10.9. The van der Waals surface area contributed by atoms with Gasteiger partial charge in [0, 0.05) is 10.4 Å². The molecule has 1 heterocycles. The number of para-hydroxylation sites is 1. The molecule has 28 heavy (non-hydrogen) atoms. The van der Waals surface area contributed by atoms with Gasteiger partial charge in [-0.1, -0.05) is 12.1 Å². The van der Waals surface area contributed by atoms with Crippen LogP contribution in [0.4, 0.5) is 5.13 Å². The van der Waals surface area contributed by atoms with Crippen LogP contribution in [0.5, 0.6) is 11.5 Å². The third-order valence-corrected chi connectivity index (χ3v) is 4.73. The van der Waals surface area contributed by atoms with E-state index in [1.807, 2.05) is 44.2 Å². The summed E-state index contributed by atoms with van der Waals surface area (Å²) in [6, 6.07) is 16.5. The average molecular weight is 393 g/mol. The highest BCUT2D eigenvalue weighted by Gasteiger charge is 2.13. The summed E-state index contributed by atoms with van der Waals surface area (Å²) >= 11 is 1.40. The number of carbonyl (C=O) groups is 1. The van der Waals surface area contributed by atoms with Crippen LogP contribution in [0.3, 0.4) is 0 Å². The Labute approximate surface area is 167 Å². The van der Waals surface area contributed by atoms with E-state index in [-0.39, 0.29) is 12.5 Å². The van der Waals surface area contributed by atoms with Crippen LogP contribution >= 0.6 is 11.3 Å². The molecule has 1 N–H and O–H groups in total. The van der Waals surface area contributed by atoms with Crippen molar-refractivity contribution in [3.8, 4) is 28.8 Å². The van der Waals surface area contributed by atoms with Crippen molar-refractivity contribution in [3.05, 3.63) is 59.0 Å². The number of rotatable bonds is 7. The number of hydrogen-bond acceptors (Lipinski definition) is 6. The lowest BCUT2D eigenvalue weighted by molar-refractivity contribution is -0.118. The number of aryl methyl sites for hydroxylation is 1. The SMILES string of the molecule is CCOc1ccc(-c2nc(NC(=O)COc3ccccc3C#N)sc2C)cc1. The van der Waals surface area contributed by atoms with Crippen molar-refractivity contribution in [2.45, 2.75) is 13.8 Å². The van der Waals surface area contributed by atoms with Crippen molar-refractivity contribution in [3.63, 3.8) is 0 Å². The van der Waals surface area contributed by atoms with Gasteiger partial charge >= 0.3 is 0 Å². The number of hydrogen-bond donors (Lipinski definition) is 1. The quantitative estimate of drug-likeness (QED) is 0.643. The molecule has 0 radical (unpaired) electrons. The fourth-order valence-electron chi connectivity index (χ4n) is 2.58. The first-order valence-electron chi connectivity index (χ1n) is 8.73. The van der Waals surface area contributed by atoms with E-state index in [0.717, 1.165) is 21.9 Å². The maximum Gasteiger partial charge on any atom is 0.264 e. The molecule has 2 aromatic carbocycles. The van der Waals surface area contributed by atoms with Crippen molar-refractivity contribution in [1.82, 2.24) is 4.98 Å². The number of thiazole rings is 1. The first-order chi connectivity index (χ1) is 13.6. The normalized spacial score (nSPS) is 10.2. The second-order valence-corrected chi connectivity index (χ2v) is 7.03. The van der Waals surface area contributed by atoms with Gasteiger partial charge in [-0.3, -0.25) is 10.1 Å². The predicted molar refractivity (Wildman–Crippen MR) is 109 cm³/mol. The van der Waals surface area contributed by atoms with E-state index in [1.165, 1.54) is 11.3 Å². The van der Waals surface area contributed by atoms with Gasteiger partial charge in [0.25, 0.3) is 5.91 Å². The molecule has 0 aliphatic heterocycles. The topological polar surface area (TPSA) is 84.2 Å². The molecule has 0 aliphatic rings. The van der Waals surface area contributed by atoms with Crippen LogP contribution in [0.15, 0.2) is 48.5 Å². The summed E-state index contributed by atoms with van der Waals surface area (Å²) in [5.74, 6) is 0.854. The molecular weight excluding hydrogens is 374 g/mol. The molecular formula is C21H19N3O3S. The Kier molecular flexibility index (Phi) is 6.25. The molecule has 3 rings (SSSR count). The minimum atomic E-state index is -0.334. The Morgan fingerprint density at radius 1 is 1.18 bits per heavy atom. The molecule has 0 unspecified atom stereocenters. The van der Waals surface area contributed by atoms with Crippen molar-refractivity contribution in [2.24, 2.45) is 0 Å². The molecule has 1 aromatic heterocycles. The average Bonchev–Trinajstić information content (AvgIpc) is 3.07. The summed E-state index contributed by atoms with van der Waals surface area (Å²) in [7, 11) is 0. The Morgan fingerprint density at radius 2 is 1.93 bits per heavy atom. The van der Waals surface area contributed by atoms with E-state index in [1.54, 1.807) is 24.3 Å². The molecule has 0 aliphatic carbocycles. The van der Waals surface area contributed by atoms with Crippen LogP contribution in [-0.4, -0.2) is 24.1 Å². The van der Waals surface area contributed by atoms with Gasteiger partial charge in [0.1, 0.15) is 17.6 Å². The zero-order chi connectivity index (χ0) is 19.9. The van der Waals surface area contributed by atoms with Crippen LogP contribution in [0.25, 0.3) is 11.3 Å². The molecule has 0 bridgehead atoms. The second-order valence-electron chi connectivity index (χ2n) is 5.83. The first-order valence-corrected chi connectivity index (χ1v) is 9.54. The molecule has 0 saturated heterocycles. The van der Waals surface area contributed by atoms with Gasteiger partial charge in [0.15, 0.2) is 11.7 Å². The van der Waals surface area contributed by atoms with Crippen LogP contribution in [0.2, 0.25) is 0 Å². The zero-order valence-electron chi connectivity index (χ0n) is 15.6. The Balaban J connectivity index is 1.64. The van der Waals surface area contributed by atoms with E-state index in [9.17, 15) is 4.79 Å². The molecule has 6 nitrogen and oxygen atoms in total. The third-order valence-electron chi connectivity index (χ3n) is 3.85. The van der Waals surface area contributed by atoms with Gasteiger partial charge in [-0.25, -0.2) is 4.98 Å².